The molecule has 1 nitrogen and oxygen atoms in total. The molecule has 0 aromatic heterocycles. The highest BCUT2D eigenvalue weighted by Crippen LogP contribution is 2.39. The number of rotatable bonds is 3. The van der Waals surface area contributed by atoms with Gasteiger partial charge in [0.2, 0.25) is 0 Å². The van der Waals surface area contributed by atoms with Crippen molar-refractivity contribution in [2.45, 2.75) is 65.0 Å². The highest BCUT2D eigenvalue weighted by Gasteiger charge is 2.34. The molecule has 2 bridgehead atoms. The van der Waals surface area contributed by atoms with Crippen molar-refractivity contribution in [3.8, 4) is 0 Å². The van der Waals surface area contributed by atoms with Gasteiger partial charge < -0.3 is 0 Å². The largest absolute Gasteiger partial charge is 0.297 e. The van der Waals surface area contributed by atoms with E-state index in [2.05, 4.69) is 50.9 Å². The van der Waals surface area contributed by atoms with Crippen LogP contribution in [0.25, 0.3) is 5.57 Å². The maximum atomic E-state index is 2.58. The van der Waals surface area contributed by atoms with Gasteiger partial charge in [-0.1, -0.05) is 37.6 Å². The fourth-order valence-corrected chi connectivity index (χ4v) is 4.14. The summed E-state index contributed by atoms with van der Waals surface area (Å²) in [6.45, 7) is 6.82. The van der Waals surface area contributed by atoms with Crippen molar-refractivity contribution in [2.24, 2.45) is 0 Å². The van der Waals surface area contributed by atoms with Gasteiger partial charge in [0, 0.05) is 12.1 Å². The third kappa shape index (κ3) is 2.22. The normalized spacial score (nSPS) is 25.9. The van der Waals surface area contributed by atoms with E-state index in [1.807, 2.05) is 0 Å². The van der Waals surface area contributed by atoms with Crippen LogP contribution in [-0.4, -0.2) is 24.0 Å². The van der Waals surface area contributed by atoms with E-state index in [4.69, 9.17) is 0 Å². The molecule has 1 heteroatoms. The number of hydrogen-bond acceptors (Lipinski definition) is 1. The lowest BCUT2D eigenvalue weighted by atomic mass is 9.85. The smallest absolute Gasteiger partial charge is 0.0284 e. The lowest BCUT2D eigenvalue weighted by Gasteiger charge is -2.32. The van der Waals surface area contributed by atoms with Gasteiger partial charge in [-0.05, 0) is 68.3 Å². The summed E-state index contributed by atoms with van der Waals surface area (Å²) < 4.78 is 0. The van der Waals surface area contributed by atoms with E-state index in [0.717, 1.165) is 18.9 Å². The zero-order valence-electron chi connectivity index (χ0n) is 13.4. The van der Waals surface area contributed by atoms with Crippen LogP contribution in [0.3, 0.4) is 0 Å². The first kappa shape index (κ1) is 13.9. The van der Waals surface area contributed by atoms with E-state index in [1.165, 1.54) is 24.8 Å². The first-order chi connectivity index (χ1) is 9.63. The van der Waals surface area contributed by atoms with E-state index in [0.29, 0.717) is 6.04 Å². The second-order valence-corrected chi connectivity index (χ2v) is 6.53. The molecule has 3 rings (SSSR count). The molecule has 1 fully saturated rings. The van der Waals surface area contributed by atoms with Crippen LogP contribution in [0.2, 0.25) is 0 Å². The van der Waals surface area contributed by atoms with Crippen LogP contribution in [0, 0.1) is 6.92 Å². The number of benzene rings is 1. The standard InChI is InChI=1S/C19H27N/c1-5-14-9-13(3)10-15(6-2)19(14)16-11-17-7-8-18(12-16)20(17)4/h9-11,17-18H,5-8,12H2,1-4H3. The SMILES string of the molecule is CCc1cc(C)cc(CC)c1C1=CC2CCC(C1)N2C. The Morgan fingerprint density at radius 1 is 1.10 bits per heavy atom. The van der Waals surface area contributed by atoms with Crippen molar-refractivity contribution < 1.29 is 0 Å². The monoisotopic (exact) mass is 269 g/mol. The summed E-state index contributed by atoms with van der Waals surface area (Å²) in [6.07, 6.45) is 8.82. The molecule has 2 heterocycles. The second kappa shape index (κ2) is 5.37. The first-order valence-corrected chi connectivity index (χ1v) is 8.19. The topological polar surface area (TPSA) is 3.24 Å². The molecule has 0 saturated carbocycles. The predicted molar refractivity (Wildman–Crippen MR) is 87.1 cm³/mol. The molecule has 20 heavy (non-hydrogen) atoms. The lowest BCUT2D eigenvalue weighted by Crippen LogP contribution is -2.34. The van der Waals surface area contributed by atoms with Crippen LogP contribution in [0.5, 0.6) is 0 Å². The van der Waals surface area contributed by atoms with E-state index >= 15 is 0 Å². The molecule has 1 aromatic rings. The van der Waals surface area contributed by atoms with Crippen LogP contribution in [0.1, 0.15) is 55.4 Å². The average molecular weight is 269 g/mol. The quantitative estimate of drug-likeness (QED) is 0.787. The molecule has 0 amide bonds. The van der Waals surface area contributed by atoms with Crippen molar-refractivity contribution in [2.75, 3.05) is 7.05 Å². The summed E-state index contributed by atoms with van der Waals surface area (Å²) in [7, 11) is 2.30. The second-order valence-electron chi connectivity index (χ2n) is 6.53. The third-order valence-electron chi connectivity index (χ3n) is 5.27. The van der Waals surface area contributed by atoms with Gasteiger partial charge in [0.05, 0.1) is 0 Å². The lowest BCUT2D eigenvalue weighted by molar-refractivity contribution is 0.264. The zero-order valence-corrected chi connectivity index (χ0v) is 13.4. The molecule has 0 N–H and O–H groups in total. The van der Waals surface area contributed by atoms with E-state index in [-0.39, 0.29) is 0 Å². The molecule has 2 atom stereocenters. The minimum atomic E-state index is 0.680. The van der Waals surface area contributed by atoms with Crippen LogP contribution in [0.4, 0.5) is 0 Å². The van der Waals surface area contributed by atoms with Gasteiger partial charge in [0.25, 0.3) is 0 Å². The van der Waals surface area contributed by atoms with Gasteiger partial charge >= 0.3 is 0 Å². The molecule has 1 saturated heterocycles. The Morgan fingerprint density at radius 3 is 2.30 bits per heavy atom. The van der Waals surface area contributed by atoms with Crippen LogP contribution < -0.4 is 0 Å². The van der Waals surface area contributed by atoms with Crippen molar-refractivity contribution in [3.05, 3.63) is 40.5 Å². The van der Waals surface area contributed by atoms with Crippen molar-refractivity contribution >= 4 is 5.57 Å². The Morgan fingerprint density at radius 2 is 1.75 bits per heavy atom. The molecule has 108 valence electrons. The molecular weight excluding hydrogens is 242 g/mol. The number of aryl methyl sites for hydroxylation is 3. The van der Waals surface area contributed by atoms with Crippen LogP contribution in [0.15, 0.2) is 18.2 Å². The number of fused-ring (bicyclic) bond motifs is 2. The molecule has 2 aliphatic heterocycles. The molecule has 0 radical (unpaired) electrons. The van der Waals surface area contributed by atoms with Crippen LogP contribution >= 0.6 is 0 Å². The molecular formula is C19H27N. The molecule has 1 aromatic carbocycles. The van der Waals surface area contributed by atoms with Gasteiger partial charge in [-0.15, -0.1) is 0 Å². The predicted octanol–water partition coefficient (Wildman–Crippen LogP) is 4.37. The zero-order chi connectivity index (χ0) is 14.3. The Labute approximate surface area is 123 Å². The number of hydrogen-bond donors (Lipinski definition) is 0. The average Bonchev–Trinajstić information content (AvgIpc) is 2.67. The minimum Gasteiger partial charge on any atom is -0.297 e. The van der Waals surface area contributed by atoms with E-state index < -0.39 is 0 Å². The number of nitrogens with zero attached hydrogens (tertiary/aromatic N) is 1. The van der Waals surface area contributed by atoms with E-state index in [9.17, 15) is 0 Å². The molecule has 0 spiro atoms. The van der Waals surface area contributed by atoms with Gasteiger partial charge in [-0.25, -0.2) is 0 Å². The van der Waals surface area contributed by atoms with Crippen LogP contribution in [-0.2, 0) is 12.8 Å². The molecule has 2 aliphatic rings. The summed E-state index contributed by atoms with van der Waals surface area (Å²) in [5, 5.41) is 0. The summed E-state index contributed by atoms with van der Waals surface area (Å²) in [5.41, 5.74) is 7.74. The fraction of sp³-hybridized carbons (Fsp3) is 0.579. The Hall–Kier alpha value is -1.08. The maximum Gasteiger partial charge on any atom is 0.0284 e. The van der Waals surface area contributed by atoms with Crippen molar-refractivity contribution in [1.82, 2.24) is 4.90 Å². The van der Waals surface area contributed by atoms with E-state index in [1.54, 1.807) is 22.3 Å². The molecule has 0 aliphatic carbocycles. The van der Waals surface area contributed by atoms with Gasteiger partial charge in [-0.3, -0.25) is 4.90 Å². The summed E-state index contributed by atoms with van der Waals surface area (Å²) in [5.74, 6) is 0. The number of likely N-dealkylation sites (N-methyl/N-ethyl adjacent to an activating group) is 1. The van der Waals surface area contributed by atoms with Crippen molar-refractivity contribution in [1.29, 1.82) is 0 Å². The Balaban J connectivity index is 2.08. The third-order valence-corrected chi connectivity index (χ3v) is 5.27. The summed E-state index contributed by atoms with van der Waals surface area (Å²) >= 11 is 0. The van der Waals surface area contributed by atoms with Gasteiger partial charge in [0.15, 0.2) is 0 Å². The van der Waals surface area contributed by atoms with Gasteiger partial charge in [-0.2, -0.15) is 0 Å². The maximum absolute atomic E-state index is 2.58. The summed E-state index contributed by atoms with van der Waals surface area (Å²) in [6, 6.07) is 6.25. The van der Waals surface area contributed by atoms with Gasteiger partial charge in [0.1, 0.15) is 0 Å². The highest BCUT2D eigenvalue weighted by molar-refractivity contribution is 5.73. The molecule has 2 unspecified atom stereocenters. The fourth-order valence-electron chi connectivity index (χ4n) is 4.14. The first-order valence-electron chi connectivity index (χ1n) is 8.19. The highest BCUT2D eigenvalue weighted by atomic mass is 15.2. The van der Waals surface area contributed by atoms with Crippen molar-refractivity contribution in [3.63, 3.8) is 0 Å². The minimum absolute atomic E-state index is 0.680. The summed E-state index contributed by atoms with van der Waals surface area (Å²) in [4.78, 5) is 2.58. The Bertz CT molecular complexity index is 516. The Kier molecular flexibility index (Phi) is 3.72.